The number of pyridine rings is 1. The molecule has 0 unspecified atom stereocenters. The van der Waals surface area contributed by atoms with Gasteiger partial charge in [-0.1, -0.05) is 32.4 Å². The normalized spacial score (nSPS) is 11.4. The Morgan fingerprint density at radius 3 is 2.68 bits per heavy atom. The summed E-state index contributed by atoms with van der Waals surface area (Å²) in [7, 11) is 0. The summed E-state index contributed by atoms with van der Waals surface area (Å²) in [5.74, 6) is -0.232. The molecule has 4 nitrogen and oxygen atoms in total. The van der Waals surface area contributed by atoms with E-state index in [2.05, 4.69) is 15.3 Å². The van der Waals surface area contributed by atoms with E-state index in [1.165, 1.54) is 11.3 Å². The van der Waals surface area contributed by atoms with Crippen LogP contribution in [0.15, 0.2) is 23.7 Å². The van der Waals surface area contributed by atoms with Gasteiger partial charge in [0.15, 0.2) is 5.13 Å². The number of hydrogen-bond acceptors (Lipinski definition) is 4. The Kier molecular flexibility index (Phi) is 3.87. The minimum Gasteiger partial charge on any atom is -0.298 e. The van der Waals surface area contributed by atoms with Gasteiger partial charge in [0, 0.05) is 28.2 Å². The van der Waals surface area contributed by atoms with Crippen LogP contribution in [0.1, 0.15) is 36.8 Å². The molecule has 0 aliphatic rings. The largest absolute Gasteiger partial charge is 0.298 e. The second-order valence-electron chi connectivity index (χ2n) is 5.11. The lowest BCUT2D eigenvalue weighted by atomic mass is 9.91. The Morgan fingerprint density at radius 2 is 2.11 bits per heavy atom. The summed E-state index contributed by atoms with van der Waals surface area (Å²) in [5.41, 5.74) is 1.10. The van der Waals surface area contributed by atoms with Crippen molar-refractivity contribution in [1.29, 1.82) is 0 Å². The van der Waals surface area contributed by atoms with Gasteiger partial charge in [-0.15, -0.1) is 11.3 Å². The average molecular weight is 296 g/mol. The fourth-order valence-electron chi connectivity index (χ4n) is 1.47. The summed E-state index contributed by atoms with van der Waals surface area (Å²) in [4.78, 5) is 20.4. The summed E-state index contributed by atoms with van der Waals surface area (Å²) in [6.07, 6.45) is 1.64. The maximum atomic E-state index is 12.1. The van der Waals surface area contributed by atoms with Gasteiger partial charge in [0.25, 0.3) is 5.91 Å². The summed E-state index contributed by atoms with van der Waals surface area (Å²) in [6, 6.07) is 3.31. The minimum absolute atomic E-state index is 0.166. The molecule has 2 aromatic rings. The van der Waals surface area contributed by atoms with Crippen molar-refractivity contribution in [2.75, 3.05) is 5.32 Å². The molecule has 0 saturated heterocycles. The van der Waals surface area contributed by atoms with Crippen molar-refractivity contribution in [3.63, 3.8) is 0 Å². The lowest BCUT2D eigenvalue weighted by Crippen LogP contribution is -2.17. The van der Waals surface area contributed by atoms with Gasteiger partial charge in [-0.05, 0) is 12.1 Å². The molecule has 1 N–H and O–H groups in total. The van der Waals surface area contributed by atoms with Crippen molar-refractivity contribution >= 4 is 34.0 Å². The summed E-state index contributed by atoms with van der Waals surface area (Å²) in [6.45, 7) is 6.07. The molecule has 0 spiro atoms. The van der Waals surface area contributed by atoms with Crippen LogP contribution in [0.2, 0.25) is 5.15 Å². The minimum atomic E-state index is -0.232. The van der Waals surface area contributed by atoms with Crippen LogP contribution in [-0.4, -0.2) is 15.9 Å². The average Bonchev–Trinajstić information content (AvgIpc) is 2.79. The molecule has 19 heavy (non-hydrogen) atoms. The number of hydrogen-bond donors (Lipinski definition) is 1. The van der Waals surface area contributed by atoms with E-state index >= 15 is 0 Å². The molecule has 2 rings (SSSR count). The van der Waals surface area contributed by atoms with E-state index in [0.717, 1.165) is 5.69 Å². The monoisotopic (exact) mass is 295 g/mol. The van der Waals surface area contributed by atoms with E-state index in [9.17, 15) is 4.79 Å². The molecule has 2 aromatic heterocycles. The fourth-order valence-corrected chi connectivity index (χ4v) is 2.20. The van der Waals surface area contributed by atoms with Gasteiger partial charge in [-0.3, -0.25) is 10.1 Å². The van der Waals surface area contributed by atoms with Gasteiger partial charge < -0.3 is 0 Å². The second-order valence-corrected chi connectivity index (χ2v) is 6.39. The van der Waals surface area contributed by atoms with Crippen LogP contribution < -0.4 is 5.32 Å². The SMILES string of the molecule is CC(C)(C)c1cc(C(=O)Nc2nccs2)cc(Cl)n1. The van der Waals surface area contributed by atoms with Crippen molar-refractivity contribution < 1.29 is 4.79 Å². The predicted molar refractivity (Wildman–Crippen MR) is 78.0 cm³/mol. The van der Waals surface area contributed by atoms with E-state index in [1.54, 1.807) is 23.7 Å². The van der Waals surface area contributed by atoms with Gasteiger partial charge >= 0.3 is 0 Å². The first-order chi connectivity index (χ1) is 8.86. The third kappa shape index (κ3) is 3.52. The molecule has 0 aromatic carbocycles. The Balaban J connectivity index is 2.29. The number of nitrogens with one attached hydrogen (secondary N) is 1. The fraction of sp³-hybridized carbons (Fsp3) is 0.308. The van der Waals surface area contributed by atoms with Crippen LogP contribution in [0.25, 0.3) is 0 Å². The molecule has 0 saturated carbocycles. The number of aromatic nitrogens is 2. The van der Waals surface area contributed by atoms with Crippen LogP contribution >= 0.6 is 22.9 Å². The maximum Gasteiger partial charge on any atom is 0.257 e. The summed E-state index contributed by atoms with van der Waals surface area (Å²) in [5, 5.41) is 5.41. The molecule has 0 bridgehead atoms. The number of carbonyl (C=O) groups excluding carboxylic acids is 1. The Morgan fingerprint density at radius 1 is 1.37 bits per heavy atom. The van der Waals surface area contributed by atoms with Gasteiger partial charge in [0.05, 0.1) is 0 Å². The molecular weight excluding hydrogens is 282 g/mol. The quantitative estimate of drug-likeness (QED) is 0.859. The molecule has 0 fully saturated rings. The number of nitrogens with zero attached hydrogens (tertiary/aromatic N) is 2. The van der Waals surface area contributed by atoms with Crippen LogP contribution in [0, 0.1) is 0 Å². The number of halogens is 1. The number of thiazole rings is 1. The second kappa shape index (κ2) is 5.27. The number of rotatable bonds is 2. The Hall–Kier alpha value is -1.46. The van der Waals surface area contributed by atoms with Crippen LogP contribution in [0.4, 0.5) is 5.13 Å². The van der Waals surface area contributed by atoms with Crippen LogP contribution in [0.5, 0.6) is 0 Å². The molecule has 0 atom stereocenters. The molecule has 100 valence electrons. The molecule has 6 heteroatoms. The molecule has 0 aliphatic carbocycles. The first-order valence-electron chi connectivity index (χ1n) is 5.75. The topological polar surface area (TPSA) is 54.9 Å². The van der Waals surface area contributed by atoms with Crippen LogP contribution in [-0.2, 0) is 5.41 Å². The lowest BCUT2D eigenvalue weighted by molar-refractivity contribution is 0.102. The number of carbonyl (C=O) groups is 1. The molecule has 2 heterocycles. The van der Waals surface area contributed by atoms with Crippen molar-refractivity contribution in [3.8, 4) is 0 Å². The van der Waals surface area contributed by atoms with E-state index < -0.39 is 0 Å². The zero-order valence-electron chi connectivity index (χ0n) is 10.9. The molecular formula is C13H14ClN3OS. The van der Waals surface area contributed by atoms with E-state index in [1.807, 2.05) is 20.8 Å². The van der Waals surface area contributed by atoms with Gasteiger partial charge in [0.1, 0.15) is 5.15 Å². The van der Waals surface area contributed by atoms with Crippen molar-refractivity contribution in [3.05, 3.63) is 40.1 Å². The highest BCUT2D eigenvalue weighted by atomic mass is 35.5. The third-order valence-electron chi connectivity index (χ3n) is 2.48. The predicted octanol–water partition coefficient (Wildman–Crippen LogP) is 3.74. The van der Waals surface area contributed by atoms with Gasteiger partial charge in [-0.25, -0.2) is 9.97 Å². The lowest BCUT2D eigenvalue weighted by Gasteiger charge is -2.18. The molecule has 1 amide bonds. The van der Waals surface area contributed by atoms with Crippen LogP contribution in [0.3, 0.4) is 0 Å². The summed E-state index contributed by atoms with van der Waals surface area (Å²) < 4.78 is 0. The van der Waals surface area contributed by atoms with E-state index in [4.69, 9.17) is 11.6 Å². The number of anilines is 1. The molecule has 0 aliphatic heterocycles. The van der Waals surface area contributed by atoms with Crippen molar-refractivity contribution in [1.82, 2.24) is 9.97 Å². The van der Waals surface area contributed by atoms with Gasteiger partial charge in [0.2, 0.25) is 0 Å². The van der Waals surface area contributed by atoms with Crippen molar-refractivity contribution in [2.45, 2.75) is 26.2 Å². The third-order valence-corrected chi connectivity index (χ3v) is 3.36. The zero-order chi connectivity index (χ0) is 14.0. The molecule has 0 radical (unpaired) electrons. The highest BCUT2D eigenvalue weighted by molar-refractivity contribution is 7.13. The first-order valence-corrected chi connectivity index (χ1v) is 7.01. The van der Waals surface area contributed by atoms with E-state index in [0.29, 0.717) is 15.8 Å². The highest BCUT2D eigenvalue weighted by Crippen LogP contribution is 2.24. The standard InChI is InChI=1S/C13H14ClN3OS/c1-13(2,3)9-6-8(7-10(14)16-9)11(18)17-12-15-4-5-19-12/h4-7H,1-3H3,(H,15,17,18). The Bertz CT molecular complexity index is 590. The van der Waals surface area contributed by atoms with E-state index in [-0.39, 0.29) is 11.3 Å². The maximum absolute atomic E-state index is 12.1. The van der Waals surface area contributed by atoms with Gasteiger partial charge in [-0.2, -0.15) is 0 Å². The summed E-state index contributed by atoms with van der Waals surface area (Å²) >= 11 is 7.35. The van der Waals surface area contributed by atoms with Crippen molar-refractivity contribution in [2.24, 2.45) is 0 Å². The smallest absolute Gasteiger partial charge is 0.257 e. The highest BCUT2D eigenvalue weighted by Gasteiger charge is 2.19. The number of amides is 1. The Labute approximate surface area is 120 Å². The zero-order valence-corrected chi connectivity index (χ0v) is 12.5. The first kappa shape index (κ1) is 14.0.